The van der Waals surface area contributed by atoms with E-state index in [1.165, 1.54) is 17.0 Å². The van der Waals surface area contributed by atoms with Crippen LogP contribution in [0.5, 0.6) is 5.75 Å². The van der Waals surface area contributed by atoms with Gasteiger partial charge in [0.15, 0.2) is 18.2 Å². The molecule has 1 fully saturated rings. The lowest BCUT2D eigenvalue weighted by Gasteiger charge is -2.47. The first-order chi connectivity index (χ1) is 11.2. The standard InChI is InChI=1S/C17H24FN3O3/c1-17(2)12-20(16(23)19(3)4)9-10-21(17)15(22)11-24-14-8-6-5-7-13(14)18/h5-8H,9-12H2,1-4H3. The van der Waals surface area contributed by atoms with E-state index in [2.05, 4.69) is 0 Å². The lowest BCUT2D eigenvalue weighted by molar-refractivity contribution is -0.142. The fourth-order valence-electron chi connectivity index (χ4n) is 2.84. The highest BCUT2D eigenvalue weighted by Crippen LogP contribution is 2.22. The van der Waals surface area contributed by atoms with Gasteiger partial charge in [-0.05, 0) is 26.0 Å². The van der Waals surface area contributed by atoms with Gasteiger partial charge >= 0.3 is 6.03 Å². The Morgan fingerprint density at radius 2 is 1.92 bits per heavy atom. The molecule has 1 aromatic carbocycles. The third-order valence-corrected chi connectivity index (χ3v) is 4.04. The second-order valence-corrected chi connectivity index (χ2v) is 6.68. The van der Waals surface area contributed by atoms with Crippen molar-refractivity contribution in [3.63, 3.8) is 0 Å². The topological polar surface area (TPSA) is 53.1 Å². The predicted molar refractivity (Wildman–Crippen MR) is 88.3 cm³/mol. The molecule has 1 heterocycles. The largest absolute Gasteiger partial charge is 0.481 e. The van der Waals surface area contributed by atoms with Crippen LogP contribution in [0.1, 0.15) is 13.8 Å². The monoisotopic (exact) mass is 337 g/mol. The maximum Gasteiger partial charge on any atom is 0.319 e. The number of halogens is 1. The summed E-state index contributed by atoms with van der Waals surface area (Å²) in [6.45, 7) is 4.91. The van der Waals surface area contributed by atoms with Crippen LogP contribution in [0.3, 0.4) is 0 Å². The Hall–Kier alpha value is -2.31. The molecule has 0 bridgehead atoms. The maximum atomic E-state index is 13.6. The van der Waals surface area contributed by atoms with Gasteiger partial charge in [-0.25, -0.2) is 9.18 Å². The van der Waals surface area contributed by atoms with Gasteiger partial charge in [0, 0.05) is 33.7 Å². The third-order valence-electron chi connectivity index (χ3n) is 4.04. The Balaban J connectivity index is 1.98. The van der Waals surface area contributed by atoms with Crippen molar-refractivity contribution in [3.8, 4) is 5.75 Å². The van der Waals surface area contributed by atoms with Crippen LogP contribution in [0.4, 0.5) is 9.18 Å². The number of urea groups is 1. The van der Waals surface area contributed by atoms with E-state index in [-0.39, 0.29) is 24.3 Å². The Bertz CT molecular complexity index is 619. The van der Waals surface area contributed by atoms with Crippen LogP contribution < -0.4 is 4.74 Å². The zero-order chi connectivity index (χ0) is 17.9. The molecule has 6 nitrogen and oxygen atoms in total. The van der Waals surface area contributed by atoms with Crippen molar-refractivity contribution in [3.05, 3.63) is 30.1 Å². The Morgan fingerprint density at radius 1 is 1.25 bits per heavy atom. The number of hydrogen-bond acceptors (Lipinski definition) is 3. The first-order valence-corrected chi connectivity index (χ1v) is 7.86. The van der Waals surface area contributed by atoms with Gasteiger partial charge in [-0.1, -0.05) is 12.1 Å². The van der Waals surface area contributed by atoms with E-state index in [0.29, 0.717) is 19.6 Å². The van der Waals surface area contributed by atoms with Crippen LogP contribution in [0, 0.1) is 5.82 Å². The quantitative estimate of drug-likeness (QED) is 0.845. The highest BCUT2D eigenvalue weighted by molar-refractivity contribution is 5.79. The van der Waals surface area contributed by atoms with Crippen LogP contribution in [-0.2, 0) is 4.79 Å². The molecular weight excluding hydrogens is 313 g/mol. The van der Waals surface area contributed by atoms with Crippen molar-refractivity contribution < 1.29 is 18.7 Å². The van der Waals surface area contributed by atoms with Gasteiger partial charge in [-0.3, -0.25) is 4.79 Å². The van der Waals surface area contributed by atoms with E-state index in [1.807, 2.05) is 13.8 Å². The van der Waals surface area contributed by atoms with Gasteiger partial charge in [0.25, 0.3) is 5.91 Å². The molecule has 24 heavy (non-hydrogen) atoms. The van der Waals surface area contributed by atoms with Gasteiger partial charge in [-0.15, -0.1) is 0 Å². The number of ether oxygens (including phenoxy) is 1. The summed E-state index contributed by atoms with van der Waals surface area (Å²) in [6, 6.07) is 5.92. The zero-order valence-corrected chi connectivity index (χ0v) is 14.6. The predicted octanol–water partition coefficient (Wildman–Crippen LogP) is 1.81. The molecule has 0 spiro atoms. The maximum absolute atomic E-state index is 13.6. The molecule has 0 radical (unpaired) electrons. The second-order valence-electron chi connectivity index (χ2n) is 6.68. The summed E-state index contributed by atoms with van der Waals surface area (Å²) in [5.74, 6) is -0.656. The van der Waals surface area contributed by atoms with E-state index in [9.17, 15) is 14.0 Å². The Labute approximate surface area is 141 Å². The molecule has 0 N–H and O–H groups in total. The number of carbonyl (C=O) groups excluding carboxylic acids is 2. The van der Waals surface area contributed by atoms with Crippen LogP contribution in [-0.4, -0.2) is 72.5 Å². The minimum Gasteiger partial charge on any atom is -0.481 e. The van der Waals surface area contributed by atoms with Gasteiger partial charge < -0.3 is 19.4 Å². The number of amides is 3. The average molecular weight is 337 g/mol. The molecule has 3 amide bonds. The van der Waals surface area contributed by atoms with Gasteiger partial charge in [-0.2, -0.15) is 0 Å². The van der Waals surface area contributed by atoms with Crippen LogP contribution >= 0.6 is 0 Å². The van der Waals surface area contributed by atoms with Crippen LogP contribution in [0.25, 0.3) is 0 Å². The lowest BCUT2D eigenvalue weighted by Crippen LogP contribution is -2.63. The number of hydrogen-bond donors (Lipinski definition) is 0. The van der Waals surface area contributed by atoms with E-state index in [4.69, 9.17) is 4.74 Å². The molecule has 0 aromatic heterocycles. The number of carbonyl (C=O) groups is 2. The number of nitrogens with zero attached hydrogens (tertiary/aromatic N) is 3. The van der Waals surface area contributed by atoms with E-state index < -0.39 is 11.4 Å². The molecule has 0 unspecified atom stereocenters. The van der Waals surface area contributed by atoms with Crippen molar-refractivity contribution in [2.45, 2.75) is 19.4 Å². The summed E-state index contributed by atoms with van der Waals surface area (Å²) in [5.41, 5.74) is -0.514. The molecule has 0 aliphatic carbocycles. The summed E-state index contributed by atoms with van der Waals surface area (Å²) in [4.78, 5) is 29.5. The molecule has 1 aliphatic rings. The van der Waals surface area contributed by atoms with Crippen molar-refractivity contribution in [2.75, 3.05) is 40.3 Å². The van der Waals surface area contributed by atoms with Gasteiger partial charge in [0.2, 0.25) is 0 Å². The fraction of sp³-hybridized carbons (Fsp3) is 0.529. The highest BCUT2D eigenvalue weighted by atomic mass is 19.1. The molecule has 7 heteroatoms. The second kappa shape index (κ2) is 7.07. The number of piperazine rings is 1. The number of rotatable bonds is 3. The first kappa shape index (κ1) is 18.0. The Kier molecular flexibility index (Phi) is 5.31. The zero-order valence-electron chi connectivity index (χ0n) is 14.6. The van der Waals surface area contributed by atoms with Crippen molar-refractivity contribution >= 4 is 11.9 Å². The lowest BCUT2D eigenvalue weighted by atomic mass is 9.99. The van der Waals surface area contributed by atoms with Crippen molar-refractivity contribution in [1.29, 1.82) is 0 Å². The molecule has 0 atom stereocenters. The molecule has 2 rings (SSSR count). The third kappa shape index (κ3) is 3.96. The average Bonchev–Trinajstić information content (AvgIpc) is 2.52. The summed E-state index contributed by atoms with van der Waals surface area (Å²) in [6.07, 6.45) is 0. The van der Waals surface area contributed by atoms with Crippen molar-refractivity contribution in [2.24, 2.45) is 0 Å². The summed E-state index contributed by atoms with van der Waals surface area (Å²) < 4.78 is 18.9. The molecular formula is C17H24FN3O3. The summed E-state index contributed by atoms with van der Waals surface area (Å²) in [7, 11) is 3.41. The minimum atomic E-state index is -0.514. The molecule has 1 aromatic rings. The number of benzene rings is 1. The SMILES string of the molecule is CN(C)C(=O)N1CCN(C(=O)COc2ccccc2F)C(C)(C)C1. The smallest absolute Gasteiger partial charge is 0.319 e. The number of para-hydroxylation sites is 1. The highest BCUT2D eigenvalue weighted by Gasteiger charge is 2.38. The van der Waals surface area contributed by atoms with E-state index in [0.717, 1.165) is 0 Å². The summed E-state index contributed by atoms with van der Waals surface area (Å²) in [5, 5.41) is 0. The molecule has 1 aliphatic heterocycles. The van der Waals surface area contributed by atoms with Crippen molar-refractivity contribution in [1.82, 2.24) is 14.7 Å². The normalized spacial score (nSPS) is 16.7. The first-order valence-electron chi connectivity index (χ1n) is 7.86. The van der Waals surface area contributed by atoms with Gasteiger partial charge in [0.1, 0.15) is 0 Å². The molecule has 132 valence electrons. The van der Waals surface area contributed by atoms with Crippen LogP contribution in [0.15, 0.2) is 24.3 Å². The summed E-state index contributed by atoms with van der Waals surface area (Å²) >= 11 is 0. The molecule has 0 saturated carbocycles. The van der Waals surface area contributed by atoms with Crippen LogP contribution in [0.2, 0.25) is 0 Å². The Morgan fingerprint density at radius 3 is 2.50 bits per heavy atom. The van der Waals surface area contributed by atoms with Gasteiger partial charge in [0.05, 0.1) is 5.54 Å². The van der Waals surface area contributed by atoms with E-state index >= 15 is 0 Å². The molecule has 1 saturated heterocycles. The van der Waals surface area contributed by atoms with E-state index in [1.54, 1.807) is 36.0 Å². The minimum absolute atomic E-state index is 0.0603. The fourth-order valence-corrected chi connectivity index (χ4v) is 2.84.